The van der Waals surface area contributed by atoms with Crippen molar-refractivity contribution in [3.8, 4) is 5.69 Å². The second kappa shape index (κ2) is 5.68. The Morgan fingerprint density at radius 3 is 2.86 bits per heavy atom. The summed E-state index contributed by atoms with van der Waals surface area (Å²) in [5, 5.41) is 11.8. The molecule has 3 heterocycles. The predicted octanol–water partition coefficient (Wildman–Crippen LogP) is 2.18. The standard InChI is InChI=1S/C12H12N4O2S3/c1-9-2-3-12(20-9)21(17,18)13-6-10-7-16(15-14-10)11-4-5-19-8-11/h2-5,7-8,13H,6H2,1H3. The van der Waals surface area contributed by atoms with Crippen LogP contribution in [-0.4, -0.2) is 23.4 Å². The van der Waals surface area contributed by atoms with Crippen LogP contribution in [0.1, 0.15) is 10.6 Å². The van der Waals surface area contributed by atoms with Crippen molar-refractivity contribution in [2.24, 2.45) is 0 Å². The predicted molar refractivity (Wildman–Crippen MR) is 82.3 cm³/mol. The summed E-state index contributed by atoms with van der Waals surface area (Å²) in [4.78, 5) is 0.957. The first-order chi connectivity index (χ1) is 10.0. The Morgan fingerprint density at radius 1 is 1.33 bits per heavy atom. The van der Waals surface area contributed by atoms with Crippen molar-refractivity contribution in [3.63, 3.8) is 0 Å². The topological polar surface area (TPSA) is 76.9 Å². The summed E-state index contributed by atoms with van der Waals surface area (Å²) in [6.07, 6.45) is 1.71. The van der Waals surface area contributed by atoms with E-state index >= 15 is 0 Å². The van der Waals surface area contributed by atoms with Crippen molar-refractivity contribution in [3.05, 3.63) is 45.7 Å². The van der Waals surface area contributed by atoms with Crippen LogP contribution in [0.2, 0.25) is 0 Å². The molecule has 0 fully saturated rings. The van der Waals surface area contributed by atoms with Crippen LogP contribution in [0.15, 0.2) is 39.4 Å². The van der Waals surface area contributed by atoms with Gasteiger partial charge in [0.05, 0.1) is 24.1 Å². The van der Waals surface area contributed by atoms with Gasteiger partial charge in [0.25, 0.3) is 0 Å². The first-order valence-corrected chi connectivity index (χ1v) is 9.29. The van der Waals surface area contributed by atoms with Crippen LogP contribution in [0.5, 0.6) is 0 Å². The van der Waals surface area contributed by atoms with Gasteiger partial charge < -0.3 is 0 Å². The highest BCUT2D eigenvalue weighted by Crippen LogP contribution is 2.20. The molecule has 0 amide bonds. The number of thiophene rings is 2. The monoisotopic (exact) mass is 340 g/mol. The van der Waals surface area contributed by atoms with Gasteiger partial charge in [0.2, 0.25) is 10.0 Å². The van der Waals surface area contributed by atoms with Gasteiger partial charge in [-0.1, -0.05) is 5.21 Å². The summed E-state index contributed by atoms with van der Waals surface area (Å²) in [7, 11) is -3.49. The minimum absolute atomic E-state index is 0.115. The van der Waals surface area contributed by atoms with Gasteiger partial charge in [-0.05, 0) is 30.5 Å². The zero-order chi connectivity index (χ0) is 14.9. The molecule has 0 radical (unpaired) electrons. The van der Waals surface area contributed by atoms with E-state index in [1.165, 1.54) is 11.3 Å². The van der Waals surface area contributed by atoms with E-state index in [0.29, 0.717) is 9.90 Å². The van der Waals surface area contributed by atoms with E-state index in [9.17, 15) is 8.42 Å². The lowest BCUT2D eigenvalue weighted by molar-refractivity contribution is 0.582. The molecule has 0 saturated carbocycles. The normalized spacial score (nSPS) is 11.9. The van der Waals surface area contributed by atoms with E-state index in [4.69, 9.17) is 0 Å². The number of rotatable bonds is 5. The molecule has 0 spiro atoms. The second-order valence-corrected chi connectivity index (χ2v) is 8.39. The molecular weight excluding hydrogens is 328 g/mol. The van der Waals surface area contributed by atoms with E-state index in [0.717, 1.165) is 10.6 Å². The lowest BCUT2D eigenvalue weighted by Gasteiger charge is -2.01. The summed E-state index contributed by atoms with van der Waals surface area (Å²) >= 11 is 2.80. The van der Waals surface area contributed by atoms with Crippen molar-refractivity contribution in [1.82, 2.24) is 19.7 Å². The Labute approximate surface area is 130 Å². The molecule has 9 heteroatoms. The Balaban J connectivity index is 1.71. The molecule has 0 saturated heterocycles. The third-order valence-corrected chi connectivity index (χ3v) is 6.30. The number of nitrogens with one attached hydrogen (secondary N) is 1. The fraction of sp³-hybridized carbons (Fsp3) is 0.167. The quantitative estimate of drug-likeness (QED) is 0.772. The average molecular weight is 340 g/mol. The highest BCUT2D eigenvalue weighted by molar-refractivity contribution is 7.91. The van der Waals surface area contributed by atoms with Gasteiger partial charge in [0, 0.05) is 10.3 Å². The molecule has 0 unspecified atom stereocenters. The summed E-state index contributed by atoms with van der Waals surface area (Å²) in [5.41, 5.74) is 1.48. The third kappa shape index (κ3) is 3.21. The van der Waals surface area contributed by atoms with Crippen molar-refractivity contribution in [1.29, 1.82) is 0 Å². The van der Waals surface area contributed by atoms with Gasteiger partial charge in [-0.25, -0.2) is 17.8 Å². The number of hydrogen-bond donors (Lipinski definition) is 1. The minimum Gasteiger partial charge on any atom is -0.220 e. The minimum atomic E-state index is -3.49. The zero-order valence-electron chi connectivity index (χ0n) is 11.1. The van der Waals surface area contributed by atoms with E-state index < -0.39 is 10.0 Å². The first kappa shape index (κ1) is 14.4. The van der Waals surface area contributed by atoms with Crippen LogP contribution >= 0.6 is 22.7 Å². The summed E-state index contributed by atoms with van der Waals surface area (Å²) in [5.74, 6) is 0. The Hall–Kier alpha value is -1.55. The lowest BCUT2D eigenvalue weighted by atomic mass is 10.5. The van der Waals surface area contributed by atoms with Crippen molar-refractivity contribution in [2.45, 2.75) is 17.7 Å². The van der Waals surface area contributed by atoms with Gasteiger partial charge in [-0.15, -0.1) is 16.4 Å². The highest BCUT2D eigenvalue weighted by atomic mass is 32.2. The number of aryl methyl sites for hydroxylation is 1. The van der Waals surface area contributed by atoms with E-state index in [-0.39, 0.29) is 6.54 Å². The molecule has 6 nitrogen and oxygen atoms in total. The molecule has 3 rings (SSSR count). The van der Waals surface area contributed by atoms with Crippen LogP contribution in [-0.2, 0) is 16.6 Å². The second-order valence-electron chi connectivity index (χ2n) is 4.33. The Morgan fingerprint density at radius 2 is 2.19 bits per heavy atom. The van der Waals surface area contributed by atoms with Gasteiger partial charge in [-0.2, -0.15) is 11.3 Å². The van der Waals surface area contributed by atoms with E-state index in [1.54, 1.807) is 34.3 Å². The van der Waals surface area contributed by atoms with Crippen LogP contribution in [0, 0.1) is 6.92 Å². The van der Waals surface area contributed by atoms with E-state index in [2.05, 4.69) is 15.0 Å². The van der Waals surface area contributed by atoms with Crippen molar-refractivity contribution >= 4 is 32.7 Å². The van der Waals surface area contributed by atoms with Crippen LogP contribution in [0.3, 0.4) is 0 Å². The van der Waals surface area contributed by atoms with Gasteiger partial charge in [0.15, 0.2) is 0 Å². The number of aromatic nitrogens is 3. The highest BCUT2D eigenvalue weighted by Gasteiger charge is 2.16. The fourth-order valence-electron chi connectivity index (χ4n) is 1.69. The molecule has 0 aromatic carbocycles. The number of sulfonamides is 1. The summed E-state index contributed by atoms with van der Waals surface area (Å²) in [6.45, 7) is 1.99. The summed E-state index contributed by atoms with van der Waals surface area (Å²) < 4.78 is 28.7. The molecule has 110 valence electrons. The first-order valence-electron chi connectivity index (χ1n) is 6.04. The molecule has 1 N–H and O–H groups in total. The van der Waals surface area contributed by atoms with Crippen LogP contribution in [0.4, 0.5) is 0 Å². The molecule has 0 bridgehead atoms. The molecule has 0 aliphatic heterocycles. The molecule has 21 heavy (non-hydrogen) atoms. The summed E-state index contributed by atoms with van der Waals surface area (Å²) in [6, 6.07) is 5.30. The molecule has 3 aromatic rings. The maximum absolute atomic E-state index is 12.1. The maximum atomic E-state index is 12.1. The average Bonchev–Trinajstić information content (AvgIpc) is 3.17. The van der Waals surface area contributed by atoms with Crippen molar-refractivity contribution in [2.75, 3.05) is 0 Å². The third-order valence-electron chi connectivity index (χ3n) is 2.74. The smallest absolute Gasteiger partial charge is 0.220 e. The van der Waals surface area contributed by atoms with E-state index in [1.807, 2.05) is 23.8 Å². The molecule has 0 aliphatic carbocycles. The SMILES string of the molecule is Cc1ccc(S(=O)(=O)NCc2cn(-c3ccsc3)nn2)s1. The Kier molecular flexibility index (Phi) is 3.89. The lowest BCUT2D eigenvalue weighted by Crippen LogP contribution is -2.22. The van der Waals surface area contributed by atoms with Gasteiger partial charge in [0.1, 0.15) is 4.21 Å². The van der Waals surface area contributed by atoms with Crippen LogP contribution in [0.25, 0.3) is 5.69 Å². The number of hydrogen-bond acceptors (Lipinski definition) is 6. The fourth-order valence-corrected chi connectivity index (χ4v) is 4.64. The largest absolute Gasteiger partial charge is 0.250 e. The molecule has 0 atom stereocenters. The Bertz CT molecular complexity index is 834. The zero-order valence-corrected chi connectivity index (χ0v) is 13.5. The molecule has 0 aliphatic rings. The van der Waals surface area contributed by atoms with Crippen molar-refractivity contribution < 1.29 is 8.42 Å². The molecular formula is C12H12N4O2S3. The number of nitrogens with zero attached hydrogens (tertiary/aromatic N) is 3. The van der Waals surface area contributed by atoms with Gasteiger partial charge in [-0.3, -0.25) is 0 Å². The molecule has 3 aromatic heterocycles. The van der Waals surface area contributed by atoms with Gasteiger partial charge >= 0.3 is 0 Å². The maximum Gasteiger partial charge on any atom is 0.250 e. The van der Waals surface area contributed by atoms with Crippen LogP contribution < -0.4 is 4.72 Å².